The monoisotopic (exact) mass is 359 g/mol. The van der Waals surface area contributed by atoms with Crippen molar-refractivity contribution >= 4 is 29.6 Å². The molecule has 7 nitrogen and oxygen atoms in total. The number of carboxylic acids is 1. The molecule has 24 heavy (non-hydrogen) atoms. The Labute approximate surface area is 165 Å². The van der Waals surface area contributed by atoms with Crippen LogP contribution in [0.5, 0.6) is 0 Å². The molecule has 3 atom stereocenters. The van der Waals surface area contributed by atoms with Crippen molar-refractivity contribution in [3.63, 3.8) is 0 Å². The molecule has 0 saturated carbocycles. The number of β-lactam (4-membered cyclic amide) rings is 1. The first-order valence-electron chi connectivity index (χ1n) is 7.24. The van der Waals surface area contributed by atoms with Gasteiger partial charge in [-0.1, -0.05) is 6.07 Å². The quantitative estimate of drug-likeness (QED) is 0.229. The first-order valence-corrected chi connectivity index (χ1v) is 8.12. The molecule has 1 unspecified atom stereocenters. The van der Waals surface area contributed by atoms with E-state index in [1.807, 2.05) is 35.2 Å². The molecule has 2 fully saturated rings. The van der Waals surface area contributed by atoms with Crippen molar-refractivity contribution in [2.45, 2.75) is 36.1 Å². The van der Waals surface area contributed by atoms with Crippen LogP contribution >= 0.6 is 11.8 Å². The molecule has 3 heterocycles. The van der Waals surface area contributed by atoms with Crippen LogP contribution in [0.1, 0.15) is 13.3 Å². The third-order valence-corrected chi connectivity index (χ3v) is 5.66. The topological polar surface area (TPSA) is 90.6 Å². The molecule has 1 amide bonds. The number of aromatic nitrogens is 1. The summed E-state index contributed by atoms with van der Waals surface area (Å²) < 4.78 is 5.78. The molecule has 0 aromatic carbocycles. The molecule has 0 bridgehead atoms. The van der Waals surface area contributed by atoms with Gasteiger partial charge in [0.05, 0.1) is 23.8 Å². The van der Waals surface area contributed by atoms with Crippen molar-refractivity contribution in [1.82, 2.24) is 4.90 Å². The number of amides is 1. The number of rotatable bonds is 5. The first kappa shape index (κ1) is 19.2. The molecule has 2 aliphatic heterocycles. The van der Waals surface area contributed by atoms with E-state index in [1.54, 1.807) is 0 Å². The molecule has 1 aromatic heterocycles. The fourth-order valence-electron chi connectivity index (χ4n) is 2.89. The molecule has 0 N–H and O–H groups in total. The number of ether oxygens (including phenoxy) is 1. The van der Waals surface area contributed by atoms with Crippen molar-refractivity contribution in [3.05, 3.63) is 30.6 Å². The van der Waals surface area contributed by atoms with Crippen molar-refractivity contribution in [2.24, 2.45) is 0 Å². The van der Waals surface area contributed by atoms with E-state index < -0.39 is 22.7 Å². The minimum atomic E-state index is -1.43. The fraction of sp³-hybridized carbons (Fsp3) is 0.467. The summed E-state index contributed by atoms with van der Waals surface area (Å²) in [5.41, 5.74) is 0. The van der Waals surface area contributed by atoms with E-state index in [-0.39, 0.29) is 53.9 Å². The SMILES string of the molecule is C[C@@]1(C(=O)OCC[n+]2ccccc2)SC2CC(=O)N2[C@H]1C(=O)[O-].[Na+]. The molecule has 2 aliphatic rings. The summed E-state index contributed by atoms with van der Waals surface area (Å²) >= 11 is 1.16. The summed E-state index contributed by atoms with van der Waals surface area (Å²) in [6.07, 6.45) is 3.93. The van der Waals surface area contributed by atoms with Gasteiger partial charge in [-0.25, -0.2) is 4.57 Å². The molecule has 0 aliphatic carbocycles. The number of fused-ring (bicyclic) bond motifs is 1. The standard InChI is InChI=1S/C15H16N2O5S.Na/c1-15(12(13(19)20)17-10(18)9-11(17)23-15)14(21)22-8-7-16-5-3-2-4-6-16;/h2-6,11-12H,7-9H2,1H3;/q;+1/t11?,12-,15+;/m0./s1. The summed E-state index contributed by atoms with van der Waals surface area (Å²) in [6.45, 7) is 2.10. The number of thioether (sulfide) groups is 1. The van der Waals surface area contributed by atoms with Gasteiger partial charge >= 0.3 is 35.5 Å². The molecule has 0 spiro atoms. The number of carboxylic acid groups (broad SMARTS) is 1. The van der Waals surface area contributed by atoms with Gasteiger partial charge in [-0.05, 0) is 6.92 Å². The predicted molar refractivity (Wildman–Crippen MR) is 77.6 cm³/mol. The van der Waals surface area contributed by atoms with Gasteiger partial charge in [0, 0.05) is 12.1 Å². The van der Waals surface area contributed by atoms with Crippen LogP contribution in [0.2, 0.25) is 0 Å². The van der Waals surface area contributed by atoms with Crippen LogP contribution < -0.4 is 39.2 Å². The number of esters is 1. The van der Waals surface area contributed by atoms with Crippen molar-refractivity contribution < 1.29 is 58.4 Å². The minimum Gasteiger partial charge on any atom is -0.548 e. The fourth-order valence-corrected chi connectivity index (χ4v) is 4.53. The Kier molecular flexibility index (Phi) is 5.95. The molecule has 3 rings (SSSR count). The van der Waals surface area contributed by atoms with E-state index in [2.05, 4.69) is 0 Å². The predicted octanol–water partition coefficient (Wildman–Crippen LogP) is -4.30. The third-order valence-electron chi connectivity index (χ3n) is 4.12. The molecule has 9 heteroatoms. The Balaban J connectivity index is 0.00000208. The maximum Gasteiger partial charge on any atom is 1.00 e. The summed E-state index contributed by atoms with van der Waals surface area (Å²) in [5, 5.41) is 11.1. The first-order chi connectivity index (χ1) is 10.9. The Morgan fingerprint density at radius 1 is 1.42 bits per heavy atom. The Hall–Kier alpha value is -1.09. The maximum atomic E-state index is 12.4. The average Bonchev–Trinajstić information content (AvgIpc) is 2.77. The zero-order chi connectivity index (χ0) is 16.6. The maximum absolute atomic E-state index is 12.4. The zero-order valence-electron chi connectivity index (χ0n) is 13.5. The molecule has 122 valence electrons. The molecule has 2 saturated heterocycles. The molecular formula is C15H16N2NaO5S+. The second kappa shape index (κ2) is 7.43. The normalized spacial score (nSPS) is 27.7. The second-order valence-electron chi connectivity index (χ2n) is 5.66. The molecule has 1 aromatic rings. The average molecular weight is 359 g/mol. The van der Waals surface area contributed by atoms with E-state index in [4.69, 9.17) is 4.74 Å². The van der Waals surface area contributed by atoms with Gasteiger partial charge < -0.3 is 19.5 Å². The van der Waals surface area contributed by atoms with Gasteiger partial charge in [-0.15, -0.1) is 11.8 Å². The number of hydrogen-bond donors (Lipinski definition) is 0. The summed E-state index contributed by atoms with van der Waals surface area (Å²) in [6, 6.07) is 4.32. The Morgan fingerprint density at radius 3 is 2.67 bits per heavy atom. The van der Waals surface area contributed by atoms with Crippen LogP contribution in [0, 0.1) is 0 Å². The second-order valence-corrected chi connectivity index (χ2v) is 7.28. The van der Waals surface area contributed by atoms with Crippen LogP contribution in [0.25, 0.3) is 0 Å². The molecule has 0 radical (unpaired) electrons. The third kappa shape index (κ3) is 3.33. The van der Waals surface area contributed by atoms with E-state index in [0.29, 0.717) is 6.54 Å². The van der Waals surface area contributed by atoms with Crippen LogP contribution in [-0.4, -0.2) is 45.5 Å². The molecular weight excluding hydrogens is 343 g/mol. The van der Waals surface area contributed by atoms with Gasteiger partial charge in [-0.3, -0.25) is 9.59 Å². The summed E-state index contributed by atoms with van der Waals surface area (Å²) in [4.78, 5) is 36.7. The van der Waals surface area contributed by atoms with Crippen LogP contribution in [-0.2, 0) is 25.7 Å². The number of carbonyl (C=O) groups excluding carboxylic acids is 3. The Morgan fingerprint density at radius 2 is 2.08 bits per heavy atom. The zero-order valence-corrected chi connectivity index (χ0v) is 16.3. The Bertz CT molecular complexity index is 659. The van der Waals surface area contributed by atoms with Crippen molar-refractivity contribution in [1.29, 1.82) is 0 Å². The van der Waals surface area contributed by atoms with Crippen LogP contribution in [0.3, 0.4) is 0 Å². The van der Waals surface area contributed by atoms with Gasteiger partial charge in [0.15, 0.2) is 25.5 Å². The van der Waals surface area contributed by atoms with Crippen LogP contribution in [0.4, 0.5) is 0 Å². The van der Waals surface area contributed by atoms with Gasteiger partial charge in [0.2, 0.25) is 5.91 Å². The number of carbonyl (C=O) groups is 3. The van der Waals surface area contributed by atoms with E-state index in [9.17, 15) is 19.5 Å². The smallest absolute Gasteiger partial charge is 0.548 e. The van der Waals surface area contributed by atoms with Gasteiger partial charge in [0.25, 0.3) is 0 Å². The van der Waals surface area contributed by atoms with Crippen molar-refractivity contribution in [3.8, 4) is 0 Å². The minimum absolute atomic E-state index is 0. The number of aliphatic carboxylic acids is 1. The number of pyridine rings is 1. The summed E-state index contributed by atoms with van der Waals surface area (Å²) in [7, 11) is 0. The van der Waals surface area contributed by atoms with Crippen LogP contribution in [0.15, 0.2) is 30.6 Å². The number of nitrogens with zero attached hydrogens (tertiary/aromatic N) is 2. The van der Waals surface area contributed by atoms with Gasteiger partial charge in [-0.2, -0.15) is 0 Å². The van der Waals surface area contributed by atoms with E-state index in [0.717, 1.165) is 11.8 Å². The van der Waals surface area contributed by atoms with E-state index >= 15 is 0 Å². The number of hydrogen-bond acceptors (Lipinski definition) is 6. The van der Waals surface area contributed by atoms with Gasteiger partial charge in [0.1, 0.15) is 4.75 Å². The summed E-state index contributed by atoms with van der Waals surface area (Å²) in [5.74, 6) is -2.33. The van der Waals surface area contributed by atoms with E-state index in [1.165, 1.54) is 11.8 Å². The largest absolute Gasteiger partial charge is 1.00 e. The van der Waals surface area contributed by atoms with Crippen molar-refractivity contribution in [2.75, 3.05) is 6.61 Å².